The number of hydrogen-bond acceptors (Lipinski definition) is 13. The number of amides is 12. The van der Waals surface area contributed by atoms with E-state index >= 15 is 47.1 Å². The Bertz CT molecular complexity index is 3640. The number of rotatable bonds is 10. The van der Waals surface area contributed by atoms with Crippen molar-refractivity contribution in [1.82, 2.24) is 60.0 Å². The van der Waals surface area contributed by atoms with E-state index in [1.807, 2.05) is 31.2 Å². The number of benzene rings is 2. The monoisotopic (exact) mass is 1500 g/mol. The Morgan fingerprint density at radius 3 is 1.93 bits per heavy atom. The first-order chi connectivity index (χ1) is 50.7. The van der Waals surface area contributed by atoms with Gasteiger partial charge in [-0.05, 0) is 132 Å². The zero-order chi connectivity index (χ0) is 78.5. The Hall–Kier alpha value is -8.83. The smallest absolute Gasteiger partial charge is 0.377 e. The van der Waals surface area contributed by atoms with Gasteiger partial charge in [0.1, 0.15) is 71.1 Å². The fraction of sp³-hybridized carbons (Fsp3) is 0.636. The predicted octanol–water partition coefficient (Wildman–Crippen LogP) is 5.65. The van der Waals surface area contributed by atoms with E-state index in [9.17, 15) is 32.3 Å². The lowest BCUT2D eigenvalue weighted by molar-refractivity contribution is -0.158. The molecule has 2 aromatic rings. The molecule has 107 heavy (non-hydrogen) atoms. The molecule has 6 bridgehead atoms. The van der Waals surface area contributed by atoms with Crippen molar-refractivity contribution < 1.29 is 84.2 Å². The molecule has 12 amide bonds. The summed E-state index contributed by atoms with van der Waals surface area (Å²) in [5.74, 6) is -13.8. The molecule has 11 rings (SSSR count). The predicted molar refractivity (Wildman–Crippen MR) is 386 cm³/mol. The van der Waals surface area contributed by atoms with Crippen LogP contribution in [0.4, 0.5) is 22.0 Å². The number of nitrogens with one attached hydrogen (secondary N) is 3. The highest BCUT2D eigenvalue weighted by atomic mass is 19.4. The maximum atomic E-state index is 15.7. The van der Waals surface area contributed by atoms with Crippen LogP contribution in [0.3, 0.4) is 0 Å². The van der Waals surface area contributed by atoms with Gasteiger partial charge in [-0.2, -0.15) is 13.2 Å². The van der Waals surface area contributed by atoms with Crippen LogP contribution in [-0.2, 0) is 81.3 Å². The van der Waals surface area contributed by atoms with Gasteiger partial charge in [0, 0.05) is 88.4 Å². The number of aryl methyl sites for hydroxylation is 1. The first kappa shape index (κ1) is 83.8. The van der Waals surface area contributed by atoms with Crippen molar-refractivity contribution in [1.29, 1.82) is 0 Å². The third-order valence-corrected chi connectivity index (χ3v) is 22.5. The molecule has 30 heteroatoms. The molecule has 2 aromatic carbocycles. The third-order valence-electron chi connectivity index (χ3n) is 22.5. The molecule has 7 aliphatic heterocycles. The summed E-state index contributed by atoms with van der Waals surface area (Å²) in [4.78, 5) is 193. The molecule has 588 valence electrons. The molecule has 2 saturated carbocycles. The maximum Gasteiger partial charge on any atom is 0.422 e. The number of carbonyl (C=O) groups excluding carboxylic acids is 12. The fourth-order valence-electron chi connectivity index (χ4n) is 15.5. The van der Waals surface area contributed by atoms with Crippen molar-refractivity contribution in [2.75, 3.05) is 88.7 Å². The van der Waals surface area contributed by atoms with Crippen LogP contribution in [0.2, 0.25) is 0 Å². The minimum atomic E-state index is -5.42. The van der Waals surface area contributed by atoms with Gasteiger partial charge in [-0.3, -0.25) is 57.5 Å². The van der Waals surface area contributed by atoms with Gasteiger partial charge in [-0.15, -0.1) is 0 Å². The standard InChI is InChI=1S/C77H107F5N12O13/c1-12-47(4)65-73(104)88(7)46-63(97)90(9)57-29-20-17-23-38-93(72(57)103)60-41-49-32-30-48(31-33-49)25-18-15-16-19-28-56(67(98)84-65)89(8)62(96)43-59(70(101)86(5)13-2)91(10)74(105)66(51-26-21-22-27-51)92(11)75(106)76(36-24-37-76)85-68(99)58-42-52(107-14-3)44-94(58)69(100)55(83-61(95)45-87(6)71(60)102)35-34-50-39-53(78)64(54(79)40-50)77(80,81)82/h17-18,20,25,30-33,39-40,47,51-52,55-60,65-66H,12-16,19,21-24,26-29,34-38,41-46H2,1-11H3,(H,83,95)(H,84,98)(H,85,99)/b20-17-,25-18?/t47-,52+,55-,56-,57-,58-,59-,60-,65-,66-/m0/s1. The van der Waals surface area contributed by atoms with Crippen LogP contribution in [0.5, 0.6) is 0 Å². The van der Waals surface area contributed by atoms with Gasteiger partial charge < -0.3 is 64.8 Å². The number of likely N-dealkylation sites (N-methyl/N-ethyl adjacent to an activating group) is 7. The molecule has 4 fully saturated rings. The number of halogens is 5. The molecule has 1 spiro atoms. The van der Waals surface area contributed by atoms with Crippen LogP contribution >= 0.6 is 0 Å². The van der Waals surface area contributed by atoms with Gasteiger partial charge in [0.25, 0.3) is 0 Å². The molecular weight excluding hydrogens is 1400 g/mol. The lowest BCUT2D eigenvalue weighted by Crippen LogP contribution is -2.68. The van der Waals surface area contributed by atoms with E-state index in [2.05, 4.69) is 16.0 Å². The molecule has 10 atom stereocenters. The molecule has 7 heterocycles. The third kappa shape index (κ3) is 19.9. The Balaban J connectivity index is 1.27. The summed E-state index contributed by atoms with van der Waals surface area (Å²) in [5, 5.41) is 8.52. The van der Waals surface area contributed by atoms with E-state index in [0.717, 1.165) is 20.3 Å². The average Bonchev–Trinajstić information content (AvgIpc) is 1.70. The Morgan fingerprint density at radius 2 is 1.31 bits per heavy atom. The largest absolute Gasteiger partial charge is 0.422 e. The fourth-order valence-corrected chi connectivity index (χ4v) is 15.5. The van der Waals surface area contributed by atoms with Crippen molar-refractivity contribution in [3.05, 3.63) is 88.5 Å². The molecule has 25 nitrogen and oxygen atoms in total. The van der Waals surface area contributed by atoms with Crippen LogP contribution in [0.25, 0.3) is 6.08 Å². The van der Waals surface area contributed by atoms with E-state index in [0.29, 0.717) is 75.5 Å². The highest BCUT2D eigenvalue weighted by Gasteiger charge is 2.54. The minimum Gasteiger partial charge on any atom is -0.377 e. The van der Waals surface area contributed by atoms with Crippen LogP contribution in [0.15, 0.2) is 54.6 Å². The topological polar surface area (TPSA) is 279 Å². The summed E-state index contributed by atoms with van der Waals surface area (Å²) in [5.41, 5.74) is -2.83. The van der Waals surface area contributed by atoms with Gasteiger partial charge in [0.2, 0.25) is 70.9 Å². The first-order valence-corrected chi connectivity index (χ1v) is 37.6. The summed E-state index contributed by atoms with van der Waals surface area (Å²) >= 11 is 0. The Morgan fingerprint density at radius 1 is 0.664 bits per heavy atom. The highest BCUT2D eigenvalue weighted by molar-refractivity contribution is 6.01. The van der Waals surface area contributed by atoms with Crippen LogP contribution in [0.1, 0.15) is 159 Å². The van der Waals surface area contributed by atoms with E-state index in [4.69, 9.17) is 4.74 Å². The molecule has 0 radical (unpaired) electrons. The molecule has 0 unspecified atom stereocenters. The Labute approximate surface area is 623 Å². The number of ether oxygens (including phenoxy) is 1. The summed E-state index contributed by atoms with van der Waals surface area (Å²) in [6.45, 7) is 5.49. The minimum absolute atomic E-state index is 0.0330. The van der Waals surface area contributed by atoms with Crippen LogP contribution < -0.4 is 16.0 Å². The second-order valence-electron chi connectivity index (χ2n) is 29.7. The first-order valence-electron chi connectivity index (χ1n) is 37.6. The molecule has 2 saturated heterocycles. The van der Waals surface area contributed by atoms with Gasteiger partial charge in [-0.1, -0.05) is 88.1 Å². The van der Waals surface area contributed by atoms with E-state index in [1.165, 1.54) is 78.7 Å². The van der Waals surface area contributed by atoms with Gasteiger partial charge in [0.15, 0.2) is 0 Å². The second-order valence-corrected chi connectivity index (χ2v) is 29.7. The van der Waals surface area contributed by atoms with Crippen molar-refractivity contribution in [2.45, 2.75) is 216 Å². The Kier molecular flexibility index (Phi) is 28.9. The van der Waals surface area contributed by atoms with E-state index < -0.39 is 198 Å². The van der Waals surface area contributed by atoms with Crippen LogP contribution in [-0.4, -0.2) is 264 Å². The van der Waals surface area contributed by atoms with Crippen molar-refractivity contribution in [3.63, 3.8) is 0 Å². The molecule has 3 N–H and O–H groups in total. The summed E-state index contributed by atoms with van der Waals surface area (Å²) < 4.78 is 78.1. The molecule has 0 aromatic heterocycles. The van der Waals surface area contributed by atoms with Crippen molar-refractivity contribution >= 4 is 77.0 Å². The number of allylic oxidation sites excluding steroid dienone is 1. The molecule has 2 aliphatic carbocycles. The average molecular weight is 1500 g/mol. The summed E-state index contributed by atoms with van der Waals surface area (Å²) in [7, 11) is 9.81. The SMILES string of the molecule is CCO[C@@H]1C[C@H]2C(=O)NC3(CCC3)C(=O)N(C)[C@@H](C3CCCC3)C(=O)N(C)[C@H](C(=O)N(C)CC)CC(=O)N(C)[C@H]3CCCCC=Cc4ccc(cc4)C[C@@H](C(=O)N(C)CC(=O)N[C@@H](CCc4cc(F)c(C(F)(F)F)c(F)c4)C(=O)N2C1)N1CC/C=C\C[C@@H](C1=O)N(C)C(=O)CN(C)C(=O)[C@H]([C@@H](C)CC)NC3=O. The second kappa shape index (κ2) is 36.8. The summed E-state index contributed by atoms with van der Waals surface area (Å²) in [6.07, 6.45) is 4.10. The number of nitrogens with zero attached hydrogens (tertiary/aromatic N) is 9. The highest BCUT2D eigenvalue weighted by Crippen LogP contribution is 2.39. The normalized spacial score (nSPS) is 26.8. The zero-order valence-corrected chi connectivity index (χ0v) is 63.5. The van der Waals surface area contributed by atoms with Gasteiger partial charge >= 0.3 is 6.18 Å². The maximum absolute atomic E-state index is 15.7. The number of hydrogen-bond donors (Lipinski definition) is 3. The van der Waals surface area contributed by atoms with Crippen LogP contribution in [0, 0.1) is 23.5 Å². The number of carbonyl (C=O) groups is 12. The van der Waals surface area contributed by atoms with Gasteiger partial charge in [0.05, 0.1) is 25.6 Å². The molecular formula is C77H107F5N12O13. The lowest BCUT2D eigenvalue weighted by Gasteiger charge is -2.46. The zero-order valence-electron chi connectivity index (χ0n) is 63.5. The van der Waals surface area contributed by atoms with Crippen molar-refractivity contribution in [3.8, 4) is 0 Å². The number of alkyl halides is 3. The van der Waals surface area contributed by atoms with Gasteiger partial charge in [-0.25, -0.2) is 8.78 Å². The van der Waals surface area contributed by atoms with E-state index in [1.54, 1.807) is 45.1 Å². The lowest BCUT2D eigenvalue weighted by atomic mass is 9.74. The van der Waals surface area contributed by atoms with E-state index in [-0.39, 0.29) is 76.8 Å². The van der Waals surface area contributed by atoms with Crippen molar-refractivity contribution in [2.24, 2.45) is 11.8 Å². The summed E-state index contributed by atoms with van der Waals surface area (Å²) in [6, 6.07) is -3.00. The quantitative estimate of drug-likeness (QED) is 0.192. The molecule has 9 aliphatic rings.